The van der Waals surface area contributed by atoms with Gasteiger partial charge >= 0.3 is 6.09 Å². The van der Waals surface area contributed by atoms with Crippen LogP contribution in [0.15, 0.2) is 23.2 Å². The Hall–Kier alpha value is -2.95. The quantitative estimate of drug-likeness (QED) is 0.530. The Balaban J connectivity index is 1.57. The van der Waals surface area contributed by atoms with Crippen LogP contribution in [0.1, 0.15) is 62.4 Å². The van der Waals surface area contributed by atoms with Crippen LogP contribution in [0.2, 0.25) is 0 Å². The van der Waals surface area contributed by atoms with Crippen LogP contribution in [0.4, 0.5) is 10.6 Å². The van der Waals surface area contributed by atoms with Gasteiger partial charge in [0.1, 0.15) is 6.10 Å². The van der Waals surface area contributed by atoms with Crippen molar-refractivity contribution in [2.45, 2.75) is 75.8 Å². The SMILES string of the molecule is CCC(C)OC(=O)NC1CCC(c2cc(NC(=O)Cc3cc(C)ncc3S(C)(=O)=O)n[nH]2)C1. The number of hydrogen-bond acceptors (Lipinski definition) is 7. The van der Waals surface area contributed by atoms with Gasteiger partial charge in [0.25, 0.3) is 0 Å². The van der Waals surface area contributed by atoms with Crippen LogP contribution in [-0.2, 0) is 25.8 Å². The molecule has 2 heterocycles. The van der Waals surface area contributed by atoms with E-state index in [2.05, 4.69) is 25.8 Å². The summed E-state index contributed by atoms with van der Waals surface area (Å²) >= 11 is 0. The summed E-state index contributed by atoms with van der Waals surface area (Å²) < 4.78 is 29.3. The first-order chi connectivity index (χ1) is 15.5. The van der Waals surface area contributed by atoms with Gasteiger partial charge in [-0.25, -0.2) is 13.2 Å². The molecule has 1 aliphatic carbocycles. The Kier molecular flexibility index (Phi) is 7.72. The topological polar surface area (TPSA) is 143 Å². The lowest BCUT2D eigenvalue weighted by molar-refractivity contribution is -0.115. The number of nitrogens with one attached hydrogen (secondary N) is 3. The zero-order valence-electron chi connectivity index (χ0n) is 19.3. The van der Waals surface area contributed by atoms with Crippen molar-refractivity contribution >= 4 is 27.7 Å². The molecule has 2 aromatic rings. The van der Waals surface area contributed by atoms with E-state index in [9.17, 15) is 18.0 Å². The second-order valence-corrected chi connectivity index (χ2v) is 10.6. The van der Waals surface area contributed by atoms with Crippen molar-refractivity contribution in [1.29, 1.82) is 0 Å². The average molecular weight is 478 g/mol. The predicted octanol–water partition coefficient (Wildman–Crippen LogP) is 2.86. The van der Waals surface area contributed by atoms with Crippen LogP contribution >= 0.6 is 0 Å². The number of H-pyrrole nitrogens is 1. The maximum atomic E-state index is 12.5. The Morgan fingerprint density at radius 1 is 1.30 bits per heavy atom. The second kappa shape index (κ2) is 10.3. The number of alkyl carbamates (subject to hydrolysis) is 1. The number of aromatic nitrogens is 3. The zero-order chi connectivity index (χ0) is 24.2. The fourth-order valence-corrected chi connectivity index (χ4v) is 4.76. The molecule has 1 saturated carbocycles. The van der Waals surface area contributed by atoms with Crippen molar-refractivity contribution in [3.63, 3.8) is 0 Å². The minimum atomic E-state index is -3.50. The van der Waals surface area contributed by atoms with Crippen molar-refractivity contribution < 1.29 is 22.7 Å². The fraction of sp³-hybridized carbons (Fsp3) is 0.545. The van der Waals surface area contributed by atoms with Gasteiger partial charge in [-0.05, 0) is 51.2 Å². The maximum Gasteiger partial charge on any atom is 0.407 e. The van der Waals surface area contributed by atoms with E-state index in [-0.39, 0.29) is 35.3 Å². The number of pyridine rings is 1. The smallest absolute Gasteiger partial charge is 0.407 e. The number of nitrogens with zero attached hydrogens (tertiary/aromatic N) is 2. The van der Waals surface area contributed by atoms with E-state index in [1.807, 2.05) is 13.8 Å². The third kappa shape index (κ3) is 6.77. The highest BCUT2D eigenvalue weighted by molar-refractivity contribution is 7.90. The van der Waals surface area contributed by atoms with Gasteiger partial charge in [0.2, 0.25) is 5.91 Å². The molecule has 3 N–H and O–H groups in total. The van der Waals surface area contributed by atoms with Gasteiger partial charge in [0.05, 0.1) is 11.3 Å². The predicted molar refractivity (Wildman–Crippen MR) is 123 cm³/mol. The van der Waals surface area contributed by atoms with E-state index in [0.29, 0.717) is 17.1 Å². The zero-order valence-corrected chi connectivity index (χ0v) is 20.2. The fourth-order valence-electron chi connectivity index (χ4n) is 3.91. The molecule has 10 nitrogen and oxygen atoms in total. The number of aryl methyl sites for hydroxylation is 1. The lowest BCUT2D eigenvalue weighted by Gasteiger charge is -2.16. The summed E-state index contributed by atoms with van der Waals surface area (Å²) in [5.41, 5.74) is 1.90. The first kappa shape index (κ1) is 24.7. The number of sulfone groups is 1. The first-order valence-corrected chi connectivity index (χ1v) is 12.9. The number of aromatic amines is 1. The molecule has 3 rings (SSSR count). The summed E-state index contributed by atoms with van der Waals surface area (Å²) in [5.74, 6) is 0.174. The molecule has 3 unspecified atom stereocenters. The molecule has 0 aliphatic heterocycles. The van der Waals surface area contributed by atoms with Crippen LogP contribution in [0, 0.1) is 6.92 Å². The second-order valence-electron chi connectivity index (χ2n) is 8.61. The number of hydrogen-bond donors (Lipinski definition) is 3. The van der Waals surface area contributed by atoms with E-state index in [1.54, 1.807) is 19.1 Å². The van der Waals surface area contributed by atoms with Gasteiger partial charge in [0.15, 0.2) is 15.7 Å². The summed E-state index contributed by atoms with van der Waals surface area (Å²) in [5, 5.41) is 12.8. The highest BCUT2D eigenvalue weighted by atomic mass is 32.2. The van der Waals surface area contributed by atoms with Crippen molar-refractivity contribution in [2.24, 2.45) is 0 Å². The van der Waals surface area contributed by atoms with Crippen LogP contribution in [0.5, 0.6) is 0 Å². The maximum absolute atomic E-state index is 12.5. The van der Waals surface area contributed by atoms with Crippen LogP contribution in [-0.4, -0.2) is 54.0 Å². The van der Waals surface area contributed by atoms with Gasteiger partial charge in [-0.15, -0.1) is 0 Å². The Morgan fingerprint density at radius 2 is 2.06 bits per heavy atom. The molecule has 1 fully saturated rings. The van der Waals surface area contributed by atoms with E-state index in [4.69, 9.17) is 4.74 Å². The number of anilines is 1. The first-order valence-electron chi connectivity index (χ1n) is 11.0. The van der Waals surface area contributed by atoms with Crippen molar-refractivity contribution in [3.05, 3.63) is 35.3 Å². The minimum absolute atomic E-state index is 0.0252. The molecular formula is C22H31N5O5S. The summed E-state index contributed by atoms with van der Waals surface area (Å²) in [6.07, 6.45) is 4.96. The summed E-state index contributed by atoms with van der Waals surface area (Å²) in [4.78, 5) is 28.6. The van der Waals surface area contributed by atoms with Gasteiger partial charge in [-0.2, -0.15) is 5.10 Å². The number of carbonyl (C=O) groups is 2. The molecule has 0 spiro atoms. The Bertz CT molecular complexity index is 1110. The summed E-state index contributed by atoms with van der Waals surface area (Å²) in [7, 11) is -3.50. The standard InChI is InChI=1S/C22H31N5O5S/c1-5-14(3)32-22(29)24-17-7-6-15(9-17)18-11-20(27-26-18)25-21(28)10-16-8-13(2)23-12-19(16)33(4,30)31/h8,11-12,14-15,17H,5-7,9-10H2,1-4H3,(H,24,29)(H2,25,26,27,28). The van der Waals surface area contributed by atoms with E-state index in [0.717, 1.165) is 37.6 Å². The summed E-state index contributed by atoms with van der Waals surface area (Å²) in [6, 6.07) is 3.40. The van der Waals surface area contributed by atoms with Gasteiger partial charge in [0, 0.05) is 41.9 Å². The minimum Gasteiger partial charge on any atom is -0.447 e. The number of rotatable bonds is 8. The molecule has 1 aliphatic rings. The number of ether oxygens (including phenoxy) is 1. The molecule has 0 saturated heterocycles. The number of amides is 2. The molecule has 0 bridgehead atoms. The lowest BCUT2D eigenvalue weighted by Crippen LogP contribution is -2.35. The number of carbonyl (C=O) groups excluding carboxylic acids is 2. The van der Waals surface area contributed by atoms with Crippen molar-refractivity contribution in [1.82, 2.24) is 20.5 Å². The molecule has 11 heteroatoms. The molecule has 33 heavy (non-hydrogen) atoms. The molecule has 3 atom stereocenters. The van der Waals surface area contributed by atoms with E-state index < -0.39 is 15.9 Å². The van der Waals surface area contributed by atoms with Crippen molar-refractivity contribution in [2.75, 3.05) is 11.6 Å². The van der Waals surface area contributed by atoms with Crippen LogP contribution in [0.25, 0.3) is 0 Å². The van der Waals surface area contributed by atoms with E-state index >= 15 is 0 Å². The Labute approximate surface area is 193 Å². The lowest BCUT2D eigenvalue weighted by atomic mass is 10.0. The molecule has 2 aromatic heterocycles. The molecule has 0 aromatic carbocycles. The summed E-state index contributed by atoms with van der Waals surface area (Å²) in [6.45, 7) is 5.55. The van der Waals surface area contributed by atoms with Gasteiger partial charge < -0.3 is 15.4 Å². The normalized spacial score (nSPS) is 19.2. The highest BCUT2D eigenvalue weighted by Crippen LogP contribution is 2.34. The highest BCUT2D eigenvalue weighted by Gasteiger charge is 2.29. The van der Waals surface area contributed by atoms with Crippen LogP contribution < -0.4 is 10.6 Å². The largest absolute Gasteiger partial charge is 0.447 e. The van der Waals surface area contributed by atoms with Gasteiger partial charge in [-0.3, -0.25) is 14.9 Å². The van der Waals surface area contributed by atoms with E-state index in [1.165, 1.54) is 6.20 Å². The van der Waals surface area contributed by atoms with Crippen molar-refractivity contribution in [3.8, 4) is 0 Å². The average Bonchev–Trinajstić information content (AvgIpc) is 3.36. The molecule has 0 radical (unpaired) electrons. The monoisotopic (exact) mass is 477 g/mol. The third-order valence-electron chi connectivity index (χ3n) is 5.78. The molecule has 180 valence electrons. The van der Waals surface area contributed by atoms with Crippen LogP contribution in [0.3, 0.4) is 0 Å². The molecular weight excluding hydrogens is 446 g/mol. The van der Waals surface area contributed by atoms with Gasteiger partial charge in [-0.1, -0.05) is 6.92 Å². The third-order valence-corrected chi connectivity index (χ3v) is 6.94. The Morgan fingerprint density at radius 3 is 2.76 bits per heavy atom. The molecule has 2 amide bonds.